The monoisotopic (exact) mass is 206 g/mol. The van der Waals surface area contributed by atoms with Gasteiger partial charge >= 0.3 is 0 Å². The Morgan fingerprint density at radius 2 is 2.33 bits per heavy atom. The van der Waals surface area contributed by atoms with Crippen LogP contribution in [0.3, 0.4) is 0 Å². The van der Waals surface area contributed by atoms with E-state index in [0.29, 0.717) is 0 Å². The first-order chi connectivity index (χ1) is 7.25. The molecule has 1 fully saturated rings. The molecule has 1 aliphatic carbocycles. The van der Waals surface area contributed by atoms with E-state index < -0.39 is 0 Å². The summed E-state index contributed by atoms with van der Waals surface area (Å²) in [4.78, 5) is 4.24. The van der Waals surface area contributed by atoms with Crippen LogP contribution in [0.1, 0.15) is 30.5 Å². The summed E-state index contributed by atoms with van der Waals surface area (Å²) in [6, 6.07) is 4.37. The van der Waals surface area contributed by atoms with Crippen LogP contribution < -0.4 is 5.32 Å². The van der Waals surface area contributed by atoms with Crippen LogP contribution in [0.25, 0.3) is 0 Å². The maximum Gasteiger partial charge on any atom is 0.0693 e. The van der Waals surface area contributed by atoms with Crippen LogP contribution in [0.2, 0.25) is 0 Å². The summed E-state index contributed by atoms with van der Waals surface area (Å²) in [6.07, 6.45) is 4.88. The molecule has 0 unspecified atom stereocenters. The predicted octanol–water partition coefficient (Wildman–Crippen LogP) is 1.39. The molecule has 0 bridgehead atoms. The molecule has 2 N–H and O–H groups in total. The van der Waals surface area contributed by atoms with E-state index in [1.165, 1.54) is 5.56 Å². The van der Waals surface area contributed by atoms with Gasteiger partial charge in [0, 0.05) is 24.5 Å². The minimum atomic E-state index is -0.164. The standard InChI is InChI=1S/C12H18N2O/c1-9-5-6-10(7-13-9)8-14-11-3-2-4-12(11)15/h5-7,11-12,14-15H,2-4,8H2,1H3/t11-,12-/m0/s1. The van der Waals surface area contributed by atoms with Crippen LogP contribution in [0.5, 0.6) is 0 Å². The lowest BCUT2D eigenvalue weighted by atomic mass is 10.2. The van der Waals surface area contributed by atoms with E-state index in [4.69, 9.17) is 0 Å². The van der Waals surface area contributed by atoms with Gasteiger partial charge in [0.15, 0.2) is 0 Å². The van der Waals surface area contributed by atoms with Gasteiger partial charge in [0.2, 0.25) is 0 Å². The molecular formula is C12H18N2O. The van der Waals surface area contributed by atoms with E-state index >= 15 is 0 Å². The highest BCUT2D eigenvalue weighted by Gasteiger charge is 2.24. The van der Waals surface area contributed by atoms with Gasteiger partial charge < -0.3 is 10.4 Å². The molecule has 0 amide bonds. The van der Waals surface area contributed by atoms with Gasteiger partial charge in [0.25, 0.3) is 0 Å². The van der Waals surface area contributed by atoms with E-state index in [1.807, 2.05) is 19.2 Å². The number of aryl methyl sites for hydroxylation is 1. The number of hydrogen-bond donors (Lipinski definition) is 2. The molecule has 2 rings (SSSR count). The molecule has 0 spiro atoms. The SMILES string of the molecule is Cc1ccc(CN[C@H]2CCC[C@@H]2O)cn1. The number of aliphatic hydroxyl groups excluding tert-OH is 1. The van der Waals surface area contributed by atoms with Crippen molar-refractivity contribution >= 4 is 0 Å². The predicted molar refractivity (Wildman–Crippen MR) is 59.5 cm³/mol. The van der Waals surface area contributed by atoms with Crippen LogP contribution in [-0.2, 0) is 6.54 Å². The van der Waals surface area contributed by atoms with Crippen molar-refractivity contribution in [1.29, 1.82) is 0 Å². The summed E-state index contributed by atoms with van der Waals surface area (Å²) in [5.74, 6) is 0. The van der Waals surface area contributed by atoms with Crippen molar-refractivity contribution in [3.05, 3.63) is 29.6 Å². The molecule has 3 nitrogen and oxygen atoms in total. The average molecular weight is 206 g/mol. The number of hydrogen-bond acceptors (Lipinski definition) is 3. The van der Waals surface area contributed by atoms with E-state index in [1.54, 1.807) is 0 Å². The zero-order valence-corrected chi connectivity index (χ0v) is 9.11. The van der Waals surface area contributed by atoms with Crippen LogP contribution in [0.4, 0.5) is 0 Å². The van der Waals surface area contributed by atoms with Gasteiger partial charge in [-0.05, 0) is 37.8 Å². The third-order valence-corrected chi connectivity index (χ3v) is 3.02. The zero-order valence-electron chi connectivity index (χ0n) is 9.11. The topological polar surface area (TPSA) is 45.1 Å². The second kappa shape index (κ2) is 4.73. The van der Waals surface area contributed by atoms with Gasteiger partial charge in [0.05, 0.1) is 6.10 Å². The van der Waals surface area contributed by atoms with Crippen molar-refractivity contribution in [2.75, 3.05) is 0 Å². The van der Waals surface area contributed by atoms with Crippen LogP contribution in [0.15, 0.2) is 18.3 Å². The molecule has 82 valence electrons. The third kappa shape index (κ3) is 2.76. The Balaban J connectivity index is 1.85. The molecule has 0 aromatic carbocycles. The maximum atomic E-state index is 9.63. The lowest BCUT2D eigenvalue weighted by Crippen LogP contribution is -2.35. The number of nitrogens with one attached hydrogen (secondary N) is 1. The fourth-order valence-electron chi connectivity index (χ4n) is 2.03. The Bertz CT molecular complexity index is 310. The second-order valence-corrected chi connectivity index (χ2v) is 4.29. The van der Waals surface area contributed by atoms with Crippen molar-refractivity contribution in [2.24, 2.45) is 0 Å². The fourth-order valence-corrected chi connectivity index (χ4v) is 2.03. The van der Waals surface area contributed by atoms with Gasteiger partial charge in [-0.3, -0.25) is 4.98 Å². The van der Waals surface area contributed by atoms with Crippen molar-refractivity contribution < 1.29 is 5.11 Å². The Morgan fingerprint density at radius 3 is 2.93 bits per heavy atom. The molecule has 1 saturated carbocycles. The average Bonchev–Trinajstić information content (AvgIpc) is 2.63. The van der Waals surface area contributed by atoms with Crippen molar-refractivity contribution in [1.82, 2.24) is 10.3 Å². The fraction of sp³-hybridized carbons (Fsp3) is 0.583. The van der Waals surface area contributed by atoms with Gasteiger partial charge in [-0.1, -0.05) is 6.07 Å². The third-order valence-electron chi connectivity index (χ3n) is 3.02. The molecular weight excluding hydrogens is 188 g/mol. The smallest absolute Gasteiger partial charge is 0.0693 e. The van der Waals surface area contributed by atoms with Gasteiger partial charge in [0.1, 0.15) is 0 Å². The number of aliphatic hydroxyl groups is 1. The molecule has 0 aliphatic heterocycles. The molecule has 1 aromatic heterocycles. The van der Waals surface area contributed by atoms with Gasteiger partial charge in [-0.25, -0.2) is 0 Å². The molecule has 2 atom stereocenters. The highest BCUT2D eigenvalue weighted by Crippen LogP contribution is 2.19. The minimum Gasteiger partial charge on any atom is -0.392 e. The largest absolute Gasteiger partial charge is 0.392 e. The Hall–Kier alpha value is -0.930. The summed E-state index contributed by atoms with van der Waals surface area (Å²) in [6.45, 7) is 2.78. The van der Waals surface area contributed by atoms with Gasteiger partial charge in [-0.15, -0.1) is 0 Å². The summed E-state index contributed by atoms with van der Waals surface area (Å²) in [5, 5.41) is 13.0. The summed E-state index contributed by atoms with van der Waals surface area (Å²) in [5.41, 5.74) is 2.22. The number of pyridine rings is 1. The Morgan fingerprint density at radius 1 is 1.47 bits per heavy atom. The van der Waals surface area contributed by atoms with Crippen LogP contribution >= 0.6 is 0 Å². The maximum absolute atomic E-state index is 9.63. The van der Waals surface area contributed by atoms with E-state index in [0.717, 1.165) is 31.5 Å². The summed E-state index contributed by atoms with van der Waals surface area (Å²) >= 11 is 0. The van der Waals surface area contributed by atoms with E-state index in [-0.39, 0.29) is 12.1 Å². The molecule has 15 heavy (non-hydrogen) atoms. The van der Waals surface area contributed by atoms with Crippen LogP contribution in [-0.4, -0.2) is 22.2 Å². The summed E-state index contributed by atoms with van der Waals surface area (Å²) in [7, 11) is 0. The Kier molecular flexibility index (Phi) is 3.34. The number of aromatic nitrogens is 1. The number of nitrogens with zero attached hydrogens (tertiary/aromatic N) is 1. The Labute approximate surface area is 90.5 Å². The first-order valence-corrected chi connectivity index (χ1v) is 5.58. The molecule has 3 heteroatoms. The normalized spacial score (nSPS) is 25.7. The quantitative estimate of drug-likeness (QED) is 0.785. The van der Waals surface area contributed by atoms with Crippen molar-refractivity contribution in [3.63, 3.8) is 0 Å². The van der Waals surface area contributed by atoms with Crippen LogP contribution in [0, 0.1) is 6.92 Å². The first kappa shape index (κ1) is 10.6. The highest BCUT2D eigenvalue weighted by atomic mass is 16.3. The summed E-state index contributed by atoms with van der Waals surface area (Å²) < 4.78 is 0. The molecule has 1 aromatic rings. The lowest BCUT2D eigenvalue weighted by molar-refractivity contribution is 0.148. The van der Waals surface area contributed by atoms with Crippen molar-refractivity contribution in [2.45, 2.75) is 44.9 Å². The molecule has 1 aliphatic rings. The van der Waals surface area contributed by atoms with E-state index in [2.05, 4.69) is 16.4 Å². The molecule has 0 saturated heterocycles. The molecule has 1 heterocycles. The van der Waals surface area contributed by atoms with Gasteiger partial charge in [-0.2, -0.15) is 0 Å². The zero-order chi connectivity index (χ0) is 10.7. The number of rotatable bonds is 3. The minimum absolute atomic E-state index is 0.164. The first-order valence-electron chi connectivity index (χ1n) is 5.58. The second-order valence-electron chi connectivity index (χ2n) is 4.29. The highest BCUT2D eigenvalue weighted by molar-refractivity contribution is 5.13. The lowest BCUT2D eigenvalue weighted by Gasteiger charge is -2.16. The molecule has 0 radical (unpaired) electrons. The van der Waals surface area contributed by atoms with E-state index in [9.17, 15) is 5.11 Å². The van der Waals surface area contributed by atoms with Crippen molar-refractivity contribution in [3.8, 4) is 0 Å².